The van der Waals surface area contributed by atoms with Gasteiger partial charge in [0.05, 0.1) is 6.54 Å². The summed E-state index contributed by atoms with van der Waals surface area (Å²) in [6, 6.07) is 0. The lowest BCUT2D eigenvalue weighted by Crippen LogP contribution is -2.40. The summed E-state index contributed by atoms with van der Waals surface area (Å²) in [6.07, 6.45) is 5.11. The van der Waals surface area contributed by atoms with Gasteiger partial charge in [0, 0.05) is 12.5 Å². The van der Waals surface area contributed by atoms with Crippen LogP contribution in [0.4, 0.5) is 0 Å². The van der Waals surface area contributed by atoms with E-state index in [1.165, 1.54) is 6.42 Å². The molecule has 1 aliphatic carbocycles. The molecule has 0 heterocycles. The number of rotatable bonds is 6. The number of carbonyl (C=O) groups is 2. The lowest BCUT2D eigenvalue weighted by molar-refractivity contribution is -0.129. The summed E-state index contributed by atoms with van der Waals surface area (Å²) in [5.74, 6) is 0.525. The number of hydrogen-bond acceptors (Lipinski definition) is 3. The lowest BCUT2D eigenvalue weighted by atomic mass is 9.79. The zero-order valence-electron chi connectivity index (χ0n) is 11.2. The Morgan fingerprint density at radius 2 is 2.06 bits per heavy atom. The number of amides is 2. The van der Waals surface area contributed by atoms with E-state index in [1.807, 2.05) is 6.92 Å². The van der Waals surface area contributed by atoms with Gasteiger partial charge in [-0.2, -0.15) is 0 Å². The van der Waals surface area contributed by atoms with Crippen molar-refractivity contribution < 1.29 is 9.59 Å². The molecule has 1 aliphatic rings. The molecule has 4 N–H and O–H groups in total. The first-order chi connectivity index (χ1) is 8.67. The van der Waals surface area contributed by atoms with Crippen LogP contribution in [0.1, 0.15) is 39.0 Å². The first kappa shape index (κ1) is 15.0. The third-order valence-electron chi connectivity index (χ3n) is 3.53. The van der Waals surface area contributed by atoms with Gasteiger partial charge in [-0.3, -0.25) is 9.59 Å². The van der Waals surface area contributed by atoms with Crippen LogP contribution in [-0.2, 0) is 9.59 Å². The second kappa shape index (κ2) is 8.08. The van der Waals surface area contributed by atoms with Gasteiger partial charge in [-0.25, -0.2) is 0 Å². The van der Waals surface area contributed by atoms with Crippen molar-refractivity contribution in [1.29, 1.82) is 0 Å². The third kappa shape index (κ3) is 5.04. The molecule has 0 spiro atoms. The van der Waals surface area contributed by atoms with Crippen LogP contribution >= 0.6 is 0 Å². The van der Waals surface area contributed by atoms with Crippen LogP contribution in [0.15, 0.2) is 0 Å². The minimum absolute atomic E-state index is 0.0166. The average molecular weight is 255 g/mol. The highest BCUT2D eigenvalue weighted by molar-refractivity contribution is 5.85. The zero-order valence-corrected chi connectivity index (χ0v) is 11.2. The van der Waals surface area contributed by atoms with Crippen LogP contribution in [0, 0.1) is 11.8 Å². The molecular formula is C13H25N3O2. The molecule has 5 nitrogen and oxygen atoms in total. The highest BCUT2D eigenvalue weighted by Gasteiger charge is 2.26. The van der Waals surface area contributed by atoms with E-state index in [0.29, 0.717) is 19.0 Å². The molecule has 1 fully saturated rings. The summed E-state index contributed by atoms with van der Waals surface area (Å²) >= 11 is 0. The van der Waals surface area contributed by atoms with Crippen molar-refractivity contribution in [1.82, 2.24) is 10.6 Å². The van der Waals surface area contributed by atoms with Crippen LogP contribution in [-0.4, -0.2) is 31.4 Å². The molecule has 18 heavy (non-hydrogen) atoms. The summed E-state index contributed by atoms with van der Waals surface area (Å²) in [5, 5.41) is 5.38. The quantitative estimate of drug-likeness (QED) is 0.642. The second-order valence-corrected chi connectivity index (χ2v) is 4.98. The largest absolute Gasteiger partial charge is 0.355 e. The summed E-state index contributed by atoms with van der Waals surface area (Å²) in [4.78, 5) is 23.2. The topological polar surface area (TPSA) is 84.2 Å². The maximum absolute atomic E-state index is 11.9. The maximum Gasteiger partial charge on any atom is 0.239 e. The van der Waals surface area contributed by atoms with Crippen molar-refractivity contribution in [3.63, 3.8) is 0 Å². The average Bonchev–Trinajstić information content (AvgIpc) is 2.37. The van der Waals surface area contributed by atoms with Crippen LogP contribution in [0.25, 0.3) is 0 Å². The highest BCUT2D eigenvalue weighted by Crippen LogP contribution is 2.30. The van der Waals surface area contributed by atoms with Crippen LogP contribution < -0.4 is 16.4 Å². The Balaban J connectivity index is 2.30. The first-order valence-electron chi connectivity index (χ1n) is 6.91. The molecule has 1 rings (SSSR count). The zero-order chi connectivity index (χ0) is 13.4. The Morgan fingerprint density at radius 1 is 1.28 bits per heavy atom. The van der Waals surface area contributed by atoms with Gasteiger partial charge in [0.2, 0.25) is 11.8 Å². The van der Waals surface area contributed by atoms with E-state index in [0.717, 1.165) is 25.7 Å². The molecule has 1 saturated carbocycles. The minimum atomic E-state index is -0.125. The normalized spacial score (nSPS) is 23.4. The molecule has 2 amide bonds. The summed E-state index contributed by atoms with van der Waals surface area (Å²) < 4.78 is 0. The van der Waals surface area contributed by atoms with Gasteiger partial charge in [0.25, 0.3) is 0 Å². The van der Waals surface area contributed by atoms with Crippen molar-refractivity contribution in [3.8, 4) is 0 Å². The number of nitrogens with one attached hydrogen (secondary N) is 2. The van der Waals surface area contributed by atoms with Gasteiger partial charge in [-0.05, 0) is 38.6 Å². The van der Waals surface area contributed by atoms with Gasteiger partial charge in [0.1, 0.15) is 0 Å². The Labute approximate surface area is 109 Å². The Morgan fingerprint density at radius 3 is 2.72 bits per heavy atom. The summed E-state index contributed by atoms with van der Waals surface area (Å²) in [6.45, 7) is 3.23. The molecule has 104 valence electrons. The van der Waals surface area contributed by atoms with Crippen molar-refractivity contribution in [3.05, 3.63) is 0 Å². The van der Waals surface area contributed by atoms with E-state index in [2.05, 4.69) is 10.6 Å². The van der Waals surface area contributed by atoms with Crippen LogP contribution in [0.5, 0.6) is 0 Å². The second-order valence-electron chi connectivity index (χ2n) is 4.98. The maximum atomic E-state index is 11.9. The minimum Gasteiger partial charge on any atom is -0.355 e. The fraction of sp³-hybridized carbons (Fsp3) is 0.846. The van der Waals surface area contributed by atoms with Crippen molar-refractivity contribution in [2.75, 3.05) is 19.6 Å². The van der Waals surface area contributed by atoms with E-state index >= 15 is 0 Å². The molecule has 5 heteroatoms. The molecule has 0 radical (unpaired) electrons. The van der Waals surface area contributed by atoms with Gasteiger partial charge in [0.15, 0.2) is 0 Å². The smallest absolute Gasteiger partial charge is 0.239 e. The number of nitrogens with two attached hydrogens (primary N) is 1. The predicted molar refractivity (Wildman–Crippen MR) is 70.8 cm³/mol. The fourth-order valence-corrected chi connectivity index (χ4v) is 2.60. The molecule has 0 aromatic carbocycles. The van der Waals surface area contributed by atoms with E-state index in [9.17, 15) is 9.59 Å². The van der Waals surface area contributed by atoms with Gasteiger partial charge >= 0.3 is 0 Å². The molecule has 0 aliphatic heterocycles. The van der Waals surface area contributed by atoms with Crippen molar-refractivity contribution in [2.24, 2.45) is 17.6 Å². The summed E-state index contributed by atoms with van der Waals surface area (Å²) in [7, 11) is 0. The fourth-order valence-electron chi connectivity index (χ4n) is 2.60. The molecule has 0 bridgehead atoms. The monoisotopic (exact) mass is 255 g/mol. The molecule has 0 saturated heterocycles. The molecule has 0 aromatic rings. The van der Waals surface area contributed by atoms with E-state index in [1.54, 1.807) is 0 Å². The SMILES string of the molecule is CCNC(=O)CNC(=O)C1CCCC(CCN)C1. The number of carbonyl (C=O) groups excluding carboxylic acids is 2. The van der Waals surface area contributed by atoms with Gasteiger partial charge in [-0.1, -0.05) is 12.8 Å². The van der Waals surface area contributed by atoms with Crippen molar-refractivity contribution in [2.45, 2.75) is 39.0 Å². The first-order valence-corrected chi connectivity index (χ1v) is 6.91. The van der Waals surface area contributed by atoms with Crippen molar-refractivity contribution >= 4 is 11.8 Å². The van der Waals surface area contributed by atoms with Crippen LogP contribution in [0.2, 0.25) is 0 Å². The Hall–Kier alpha value is -1.10. The molecular weight excluding hydrogens is 230 g/mol. The van der Waals surface area contributed by atoms with E-state index < -0.39 is 0 Å². The standard InChI is InChI=1S/C13H25N3O2/c1-2-15-12(17)9-16-13(18)11-5-3-4-10(8-11)6-7-14/h10-11H,2-9,14H2,1H3,(H,15,17)(H,16,18). The number of hydrogen-bond donors (Lipinski definition) is 3. The summed E-state index contributed by atoms with van der Waals surface area (Å²) in [5.41, 5.74) is 5.56. The van der Waals surface area contributed by atoms with Crippen LogP contribution in [0.3, 0.4) is 0 Å². The Kier molecular flexibility index (Phi) is 6.72. The number of likely N-dealkylation sites (N-methyl/N-ethyl adjacent to an activating group) is 1. The molecule has 2 unspecified atom stereocenters. The van der Waals surface area contributed by atoms with Gasteiger partial charge in [-0.15, -0.1) is 0 Å². The van der Waals surface area contributed by atoms with E-state index in [-0.39, 0.29) is 24.3 Å². The highest BCUT2D eigenvalue weighted by atomic mass is 16.2. The molecule has 2 atom stereocenters. The predicted octanol–water partition coefficient (Wildman–Crippen LogP) is 0.394. The third-order valence-corrected chi connectivity index (χ3v) is 3.53. The Bertz CT molecular complexity index is 279. The molecule has 0 aromatic heterocycles. The van der Waals surface area contributed by atoms with Gasteiger partial charge < -0.3 is 16.4 Å². The lowest BCUT2D eigenvalue weighted by Gasteiger charge is -2.28. The van der Waals surface area contributed by atoms with E-state index in [4.69, 9.17) is 5.73 Å².